The molecule has 0 rings (SSSR count). The first-order chi connectivity index (χ1) is 31.5. The summed E-state index contributed by atoms with van der Waals surface area (Å²) in [6.45, 7) is 4.70. The molecule has 0 aliphatic heterocycles. The molecule has 8 nitrogen and oxygen atoms in total. The average molecular weight is 942 g/mol. The molecule has 0 saturated carbocycles. The summed E-state index contributed by atoms with van der Waals surface area (Å²) in [5.74, 6) is -0.190. The van der Waals surface area contributed by atoms with E-state index in [0.29, 0.717) is 17.4 Å². The third-order valence-electron chi connectivity index (χ3n) is 13.2. The highest BCUT2D eigenvalue weighted by Gasteiger charge is 2.23. The molecule has 3 unspecified atom stereocenters. The molecular weight excluding hydrogens is 828 g/mol. The molecule has 388 valence electrons. The van der Waals surface area contributed by atoms with Crippen LogP contribution in [-0.2, 0) is 18.4 Å². The number of aliphatic hydroxyl groups excluding tert-OH is 1. The number of hydrogen-bond acceptors (Lipinski definition) is 6. The number of hydrogen-bond donors (Lipinski definition) is 2. The van der Waals surface area contributed by atoms with Gasteiger partial charge < -0.3 is 28.8 Å². The number of phosphoric ester groups is 1. The number of likely N-dealkylation sites (N-methyl/N-ethyl adjacent to an activating group) is 1. The minimum Gasteiger partial charge on any atom is -0.756 e. The molecule has 0 fully saturated rings. The summed E-state index contributed by atoms with van der Waals surface area (Å²) in [5, 5.41) is 13.9. The molecule has 3 atom stereocenters. The van der Waals surface area contributed by atoms with E-state index in [4.69, 9.17) is 9.05 Å². The highest BCUT2D eigenvalue weighted by molar-refractivity contribution is 7.45. The highest BCUT2D eigenvalue weighted by atomic mass is 31.2. The number of carbonyl (C=O) groups is 1. The van der Waals surface area contributed by atoms with Crippen LogP contribution in [0.2, 0.25) is 0 Å². The van der Waals surface area contributed by atoms with Gasteiger partial charge in [0.25, 0.3) is 7.82 Å². The predicted molar refractivity (Wildman–Crippen MR) is 279 cm³/mol. The number of amides is 1. The number of unbranched alkanes of at least 4 members (excludes halogenated alkanes) is 40. The third-order valence-corrected chi connectivity index (χ3v) is 14.2. The van der Waals surface area contributed by atoms with Crippen LogP contribution < -0.4 is 10.2 Å². The van der Waals surface area contributed by atoms with Crippen LogP contribution in [0.15, 0.2) is 12.2 Å². The Hall–Kier alpha value is -0.760. The quantitative estimate of drug-likeness (QED) is 0.0272. The van der Waals surface area contributed by atoms with Gasteiger partial charge in [0.15, 0.2) is 0 Å². The molecule has 0 aliphatic rings. The van der Waals surface area contributed by atoms with Gasteiger partial charge in [-0.1, -0.05) is 276 Å². The molecule has 1 amide bonds. The monoisotopic (exact) mass is 941 g/mol. The fourth-order valence-corrected chi connectivity index (χ4v) is 9.47. The van der Waals surface area contributed by atoms with Crippen LogP contribution in [0.4, 0.5) is 0 Å². The molecule has 0 aromatic rings. The Labute approximate surface area is 405 Å². The fraction of sp³-hybridized carbons (Fsp3) is 0.946. The lowest BCUT2D eigenvalue weighted by Crippen LogP contribution is -2.45. The van der Waals surface area contributed by atoms with Gasteiger partial charge in [0, 0.05) is 6.42 Å². The van der Waals surface area contributed by atoms with Crippen LogP contribution in [0.25, 0.3) is 0 Å². The first-order valence-electron chi connectivity index (χ1n) is 28.6. The van der Waals surface area contributed by atoms with E-state index in [1.54, 1.807) is 6.08 Å². The minimum atomic E-state index is -4.59. The van der Waals surface area contributed by atoms with Gasteiger partial charge in [0.05, 0.1) is 39.9 Å². The van der Waals surface area contributed by atoms with Gasteiger partial charge in [0.1, 0.15) is 13.2 Å². The van der Waals surface area contributed by atoms with E-state index >= 15 is 0 Å². The van der Waals surface area contributed by atoms with Crippen LogP contribution in [0.5, 0.6) is 0 Å². The van der Waals surface area contributed by atoms with Crippen molar-refractivity contribution < 1.29 is 32.9 Å². The van der Waals surface area contributed by atoms with Crippen molar-refractivity contribution in [3.05, 3.63) is 12.2 Å². The maximum atomic E-state index is 12.9. The summed E-state index contributed by atoms with van der Waals surface area (Å²) in [6, 6.07) is -0.882. The molecule has 0 bridgehead atoms. The number of phosphoric acid groups is 1. The summed E-state index contributed by atoms with van der Waals surface area (Å²) >= 11 is 0. The van der Waals surface area contributed by atoms with Gasteiger partial charge in [-0.15, -0.1) is 0 Å². The number of nitrogens with one attached hydrogen (secondary N) is 1. The van der Waals surface area contributed by atoms with Gasteiger partial charge in [0.2, 0.25) is 5.91 Å². The van der Waals surface area contributed by atoms with Gasteiger partial charge in [-0.25, -0.2) is 0 Å². The fourth-order valence-electron chi connectivity index (χ4n) is 8.74. The first kappa shape index (κ1) is 64.2. The van der Waals surface area contributed by atoms with Crippen molar-refractivity contribution in [2.45, 2.75) is 302 Å². The minimum absolute atomic E-state index is 0.00268. The lowest BCUT2D eigenvalue weighted by atomic mass is 10.0. The molecule has 0 aromatic carbocycles. The van der Waals surface area contributed by atoms with Crippen LogP contribution >= 0.6 is 7.82 Å². The number of aliphatic hydroxyl groups is 1. The van der Waals surface area contributed by atoms with E-state index in [1.165, 1.54) is 231 Å². The van der Waals surface area contributed by atoms with Gasteiger partial charge in [-0.05, 0) is 19.3 Å². The Balaban J connectivity index is 4.19. The zero-order valence-corrected chi connectivity index (χ0v) is 45.1. The predicted octanol–water partition coefficient (Wildman–Crippen LogP) is 16.4. The molecule has 9 heteroatoms. The lowest BCUT2D eigenvalue weighted by Gasteiger charge is -2.29. The Morgan fingerprint density at radius 2 is 0.831 bits per heavy atom. The SMILES string of the molecule is CCCCCCCCCCCCCCCCCCCCCCCC/C=C/C(O)C(COP(=O)([O-])OCC[N+](C)(C)C)NC(=O)CCCCCCCCCCCCCCCCCCCCC. The lowest BCUT2D eigenvalue weighted by molar-refractivity contribution is -0.870. The molecule has 0 radical (unpaired) electrons. The van der Waals surface area contributed by atoms with Crippen molar-refractivity contribution in [3.63, 3.8) is 0 Å². The van der Waals surface area contributed by atoms with Crippen molar-refractivity contribution in [2.24, 2.45) is 0 Å². The van der Waals surface area contributed by atoms with Gasteiger partial charge >= 0.3 is 0 Å². The number of rotatable bonds is 53. The molecule has 65 heavy (non-hydrogen) atoms. The molecule has 0 aliphatic carbocycles. The van der Waals surface area contributed by atoms with E-state index in [1.807, 2.05) is 27.2 Å². The van der Waals surface area contributed by atoms with Gasteiger partial charge in [-0.2, -0.15) is 0 Å². The van der Waals surface area contributed by atoms with E-state index in [9.17, 15) is 19.4 Å². The summed E-state index contributed by atoms with van der Waals surface area (Å²) in [6.07, 6.45) is 58.5. The summed E-state index contributed by atoms with van der Waals surface area (Å²) in [5.41, 5.74) is 0. The van der Waals surface area contributed by atoms with Crippen molar-refractivity contribution in [1.29, 1.82) is 0 Å². The zero-order valence-electron chi connectivity index (χ0n) is 44.2. The van der Waals surface area contributed by atoms with Crippen LogP contribution in [0.3, 0.4) is 0 Å². The number of quaternary nitrogens is 1. The Morgan fingerprint density at radius 3 is 1.15 bits per heavy atom. The van der Waals surface area contributed by atoms with Crippen LogP contribution in [-0.4, -0.2) is 68.5 Å². The Kier molecular flexibility index (Phi) is 47.7. The molecule has 0 spiro atoms. The maximum Gasteiger partial charge on any atom is 0.268 e. The second-order valence-electron chi connectivity index (χ2n) is 21.0. The largest absolute Gasteiger partial charge is 0.756 e. The van der Waals surface area contributed by atoms with E-state index in [2.05, 4.69) is 19.2 Å². The Bertz CT molecular complexity index is 1070. The second-order valence-corrected chi connectivity index (χ2v) is 22.4. The molecular formula is C56H113N2O6P. The molecule has 0 heterocycles. The maximum absolute atomic E-state index is 12.9. The van der Waals surface area contributed by atoms with E-state index in [0.717, 1.165) is 38.5 Å². The summed E-state index contributed by atoms with van der Waals surface area (Å²) in [4.78, 5) is 25.5. The second kappa shape index (κ2) is 48.3. The number of carbonyl (C=O) groups excluding carboxylic acids is 1. The standard InChI is InChI=1S/C56H113N2O6P/c1-6-8-10-12-14-16-18-20-22-24-26-27-28-29-30-32-33-35-37-39-41-43-45-47-49-55(59)54(53-64-65(61,62)63-52-51-58(3,4)5)57-56(60)50-48-46-44-42-40-38-36-34-31-25-23-21-19-17-15-13-11-9-7-2/h47,49,54-55,59H,6-46,48,50-53H2,1-5H3,(H-,57,60,61,62)/b49-47+. The first-order valence-corrected chi connectivity index (χ1v) is 30.0. The van der Waals surface area contributed by atoms with E-state index in [-0.39, 0.29) is 19.1 Å². The van der Waals surface area contributed by atoms with Crippen molar-refractivity contribution in [1.82, 2.24) is 5.32 Å². The molecule has 2 N–H and O–H groups in total. The highest BCUT2D eigenvalue weighted by Crippen LogP contribution is 2.38. The van der Waals surface area contributed by atoms with Crippen molar-refractivity contribution >= 4 is 13.7 Å². The smallest absolute Gasteiger partial charge is 0.268 e. The topological polar surface area (TPSA) is 108 Å². The zero-order chi connectivity index (χ0) is 47.8. The van der Waals surface area contributed by atoms with Gasteiger partial charge in [-0.3, -0.25) is 9.36 Å². The van der Waals surface area contributed by atoms with Crippen molar-refractivity contribution in [2.75, 3.05) is 40.9 Å². The molecule has 0 aromatic heterocycles. The van der Waals surface area contributed by atoms with Crippen LogP contribution in [0.1, 0.15) is 290 Å². The average Bonchev–Trinajstić information content (AvgIpc) is 3.26. The van der Waals surface area contributed by atoms with E-state index < -0.39 is 20.0 Å². The number of nitrogens with zero attached hydrogens (tertiary/aromatic N) is 1. The van der Waals surface area contributed by atoms with Crippen molar-refractivity contribution in [3.8, 4) is 0 Å². The summed E-state index contributed by atoms with van der Waals surface area (Å²) in [7, 11) is 1.28. The third kappa shape index (κ3) is 50.9. The Morgan fingerprint density at radius 1 is 0.523 bits per heavy atom. The molecule has 0 saturated heterocycles. The summed E-state index contributed by atoms with van der Waals surface area (Å²) < 4.78 is 23.4. The normalized spacial score (nSPS) is 14.0. The number of allylic oxidation sites excluding steroid dienone is 1. The van der Waals surface area contributed by atoms with Crippen LogP contribution in [0, 0.1) is 0 Å².